The van der Waals surface area contributed by atoms with E-state index in [1.165, 1.54) is 6.42 Å². The van der Waals surface area contributed by atoms with Gasteiger partial charge in [0.1, 0.15) is 5.60 Å². The molecule has 2 bridgehead atoms. The van der Waals surface area contributed by atoms with E-state index in [9.17, 15) is 5.11 Å². The minimum atomic E-state index is -0.824. The average molecular weight is 344 g/mol. The predicted molar refractivity (Wildman–Crippen MR) is 97.6 cm³/mol. The van der Waals surface area contributed by atoms with Crippen LogP contribution in [0.5, 0.6) is 0 Å². The minimum Gasteiger partial charge on any atom is -0.399 e. The molecule has 2 unspecified atom stereocenters. The number of nitrogens with one attached hydrogen (secondary N) is 1. The number of nitrogens with zero attached hydrogens (tertiary/aromatic N) is 1. The van der Waals surface area contributed by atoms with Gasteiger partial charge in [-0.05, 0) is 59.4 Å². The summed E-state index contributed by atoms with van der Waals surface area (Å²) in [6.45, 7) is 8.19. The molecule has 6 heteroatoms. The highest BCUT2D eigenvalue weighted by Crippen LogP contribution is 2.39. The van der Waals surface area contributed by atoms with Gasteiger partial charge in [0.15, 0.2) is 0 Å². The fourth-order valence-electron chi connectivity index (χ4n) is 4.34. The third-order valence-electron chi connectivity index (χ3n) is 6.53. The largest absolute Gasteiger partial charge is 0.496 e. The third kappa shape index (κ3) is 3.03. The van der Waals surface area contributed by atoms with Crippen molar-refractivity contribution in [2.45, 2.75) is 88.7 Å². The number of rotatable bonds is 2. The molecule has 3 fully saturated rings. The summed E-state index contributed by atoms with van der Waals surface area (Å²) in [6.07, 6.45) is 6.83. The van der Waals surface area contributed by atoms with E-state index in [1.807, 2.05) is 39.8 Å². The summed E-state index contributed by atoms with van der Waals surface area (Å²) in [5, 5.41) is 14.8. The van der Waals surface area contributed by atoms with Crippen LogP contribution in [0.3, 0.4) is 0 Å². The highest BCUT2D eigenvalue weighted by molar-refractivity contribution is 6.62. The van der Waals surface area contributed by atoms with Crippen LogP contribution in [0.25, 0.3) is 0 Å². The molecule has 0 saturated carbocycles. The molecule has 3 saturated heterocycles. The molecular formula is C19H29BN2O3. The lowest BCUT2D eigenvalue weighted by atomic mass is 9.74. The van der Waals surface area contributed by atoms with Gasteiger partial charge in [-0.3, -0.25) is 4.98 Å². The maximum Gasteiger partial charge on any atom is 0.496 e. The van der Waals surface area contributed by atoms with Crippen molar-refractivity contribution in [2.75, 3.05) is 0 Å². The number of hydrogen-bond donors (Lipinski definition) is 2. The number of piperidine rings is 2. The topological polar surface area (TPSA) is 63.6 Å². The highest BCUT2D eigenvalue weighted by atomic mass is 16.7. The van der Waals surface area contributed by atoms with Gasteiger partial charge in [-0.1, -0.05) is 12.5 Å². The summed E-state index contributed by atoms with van der Waals surface area (Å²) in [7, 11) is -0.409. The molecule has 25 heavy (non-hydrogen) atoms. The van der Waals surface area contributed by atoms with Gasteiger partial charge in [-0.25, -0.2) is 0 Å². The van der Waals surface area contributed by atoms with E-state index in [-0.39, 0.29) is 11.2 Å². The maximum atomic E-state index is 11.2. The van der Waals surface area contributed by atoms with Crippen molar-refractivity contribution in [1.29, 1.82) is 0 Å². The van der Waals surface area contributed by atoms with Crippen LogP contribution in [0.4, 0.5) is 0 Å². The first-order chi connectivity index (χ1) is 11.7. The number of pyridine rings is 1. The Morgan fingerprint density at radius 3 is 2.20 bits per heavy atom. The zero-order chi connectivity index (χ0) is 17.9. The molecule has 0 spiro atoms. The number of fused-ring (bicyclic) bond motifs is 2. The second-order valence-electron chi connectivity index (χ2n) is 9.00. The monoisotopic (exact) mass is 344 g/mol. The first-order valence-corrected chi connectivity index (χ1v) is 9.49. The van der Waals surface area contributed by atoms with E-state index in [4.69, 9.17) is 9.31 Å². The van der Waals surface area contributed by atoms with Crippen LogP contribution in [0, 0.1) is 0 Å². The Hall–Kier alpha value is -0.945. The van der Waals surface area contributed by atoms with Gasteiger partial charge in [0.25, 0.3) is 0 Å². The summed E-state index contributed by atoms with van der Waals surface area (Å²) < 4.78 is 12.2. The zero-order valence-corrected chi connectivity index (χ0v) is 15.7. The van der Waals surface area contributed by atoms with E-state index < -0.39 is 12.7 Å². The van der Waals surface area contributed by atoms with Crippen LogP contribution in [0.1, 0.15) is 65.5 Å². The standard InChI is InChI=1S/C19H29BN2O3/c1-17(2)18(3,4)25-20(24-17)13-8-9-16(21-12-13)19(23)10-14-6-5-7-15(11-19)22-14/h8-9,12,14-15,22-23H,5-7,10-11H2,1-4H3. The second kappa shape index (κ2) is 5.78. The normalized spacial score (nSPS) is 36.4. The zero-order valence-electron chi connectivity index (χ0n) is 15.7. The molecule has 2 atom stereocenters. The number of aromatic nitrogens is 1. The van der Waals surface area contributed by atoms with Crippen molar-refractivity contribution in [3.63, 3.8) is 0 Å². The minimum absolute atomic E-state index is 0.360. The molecule has 0 aliphatic carbocycles. The van der Waals surface area contributed by atoms with Crippen molar-refractivity contribution in [3.8, 4) is 0 Å². The van der Waals surface area contributed by atoms with Crippen LogP contribution < -0.4 is 10.8 Å². The number of aliphatic hydroxyl groups is 1. The Kier molecular flexibility index (Phi) is 4.04. The molecule has 0 radical (unpaired) electrons. The summed E-state index contributed by atoms with van der Waals surface area (Å²) in [5.41, 5.74) is 0.128. The number of hydrogen-bond acceptors (Lipinski definition) is 5. The highest BCUT2D eigenvalue weighted by Gasteiger charge is 2.52. The molecule has 3 aliphatic heterocycles. The molecule has 3 aliphatic rings. The summed E-state index contributed by atoms with van der Waals surface area (Å²) in [4.78, 5) is 4.60. The summed E-state index contributed by atoms with van der Waals surface area (Å²) in [5.74, 6) is 0. The van der Waals surface area contributed by atoms with Gasteiger partial charge in [-0.2, -0.15) is 0 Å². The maximum absolute atomic E-state index is 11.2. The summed E-state index contributed by atoms with van der Waals surface area (Å²) in [6, 6.07) is 4.74. The van der Waals surface area contributed by atoms with Gasteiger partial charge in [0, 0.05) is 23.7 Å². The van der Waals surface area contributed by atoms with Crippen molar-refractivity contribution in [2.24, 2.45) is 0 Å². The van der Waals surface area contributed by atoms with Crippen molar-refractivity contribution in [1.82, 2.24) is 10.3 Å². The average Bonchev–Trinajstić information content (AvgIpc) is 2.75. The first kappa shape index (κ1) is 17.5. The molecule has 4 rings (SSSR count). The third-order valence-corrected chi connectivity index (χ3v) is 6.53. The molecular weight excluding hydrogens is 315 g/mol. The Labute approximate surface area is 150 Å². The quantitative estimate of drug-likeness (QED) is 0.802. The SMILES string of the molecule is CC1(C)OB(c2ccc(C3(O)CC4CCCC(C3)N4)nc2)OC1(C)C. The fourth-order valence-corrected chi connectivity index (χ4v) is 4.34. The lowest BCUT2D eigenvalue weighted by Crippen LogP contribution is -2.54. The van der Waals surface area contributed by atoms with Gasteiger partial charge in [0.05, 0.1) is 16.9 Å². The van der Waals surface area contributed by atoms with Crippen LogP contribution >= 0.6 is 0 Å². The molecule has 136 valence electrons. The fraction of sp³-hybridized carbons (Fsp3) is 0.737. The van der Waals surface area contributed by atoms with E-state index in [0.29, 0.717) is 12.1 Å². The molecule has 0 aromatic carbocycles. The van der Waals surface area contributed by atoms with Gasteiger partial charge >= 0.3 is 7.12 Å². The van der Waals surface area contributed by atoms with Gasteiger partial charge < -0.3 is 19.7 Å². The van der Waals surface area contributed by atoms with E-state index >= 15 is 0 Å². The Morgan fingerprint density at radius 1 is 1.08 bits per heavy atom. The van der Waals surface area contributed by atoms with Crippen LogP contribution in [0.2, 0.25) is 0 Å². The van der Waals surface area contributed by atoms with Crippen molar-refractivity contribution >= 4 is 12.6 Å². The molecule has 1 aromatic heterocycles. The Bertz CT molecular complexity index is 619. The molecule has 4 heterocycles. The van der Waals surface area contributed by atoms with E-state index in [2.05, 4.69) is 10.3 Å². The lowest BCUT2D eigenvalue weighted by molar-refractivity contribution is -0.0392. The lowest BCUT2D eigenvalue weighted by Gasteiger charge is -2.45. The molecule has 2 N–H and O–H groups in total. The second-order valence-corrected chi connectivity index (χ2v) is 9.00. The van der Waals surface area contributed by atoms with Crippen LogP contribution in [-0.4, -0.2) is 40.5 Å². The predicted octanol–water partition coefficient (Wildman–Crippen LogP) is 1.87. The molecule has 1 aromatic rings. The van der Waals surface area contributed by atoms with E-state index in [0.717, 1.165) is 36.8 Å². The first-order valence-electron chi connectivity index (χ1n) is 9.49. The van der Waals surface area contributed by atoms with Crippen LogP contribution in [0.15, 0.2) is 18.3 Å². The Morgan fingerprint density at radius 2 is 1.68 bits per heavy atom. The molecule has 0 amide bonds. The van der Waals surface area contributed by atoms with Gasteiger partial charge in [0.2, 0.25) is 0 Å². The smallest absolute Gasteiger partial charge is 0.399 e. The van der Waals surface area contributed by atoms with Crippen molar-refractivity contribution < 1.29 is 14.4 Å². The van der Waals surface area contributed by atoms with E-state index in [1.54, 1.807) is 6.20 Å². The van der Waals surface area contributed by atoms with Crippen LogP contribution in [-0.2, 0) is 14.9 Å². The van der Waals surface area contributed by atoms with Crippen molar-refractivity contribution in [3.05, 3.63) is 24.0 Å². The van der Waals surface area contributed by atoms with Gasteiger partial charge in [-0.15, -0.1) is 0 Å². The summed E-state index contributed by atoms with van der Waals surface area (Å²) >= 11 is 0. The molecule has 5 nitrogen and oxygen atoms in total. The Balaban J connectivity index is 1.53.